The number of hydrogen-bond acceptors (Lipinski definition) is 6. The van der Waals surface area contributed by atoms with Crippen LogP contribution in [0.3, 0.4) is 0 Å². The second kappa shape index (κ2) is 9.11. The van der Waals surface area contributed by atoms with E-state index in [-0.39, 0.29) is 28.5 Å². The van der Waals surface area contributed by atoms with Crippen LogP contribution in [-0.2, 0) is 11.3 Å². The molecule has 4 aromatic heterocycles. The molecule has 1 amide bonds. The molecule has 2 N–H and O–H groups in total. The third-order valence-corrected chi connectivity index (χ3v) is 5.25. The van der Waals surface area contributed by atoms with E-state index in [1.165, 1.54) is 10.5 Å². The highest BCUT2D eigenvalue weighted by atomic mass is 16.5. The number of hydrogen-bond donors (Lipinski definition) is 2. The van der Waals surface area contributed by atoms with Crippen LogP contribution in [0.15, 0.2) is 53.7 Å². The number of carbonyl (C=O) groups is 1. The van der Waals surface area contributed by atoms with Gasteiger partial charge in [-0.1, -0.05) is 12.1 Å². The minimum absolute atomic E-state index is 0.0181. The molecule has 32 heavy (non-hydrogen) atoms. The van der Waals surface area contributed by atoms with Gasteiger partial charge in [-0.05, 0) is 42.7 Å². The smallest absolute Gasteiger partial charge is 0.267 e. The Hall–Kier alpha value is -3.85. The summed E-state index contributed by atoms with van der Waals surface area (Å²) in [6.07, 6.45) is 5.66. The van der Waals surface area contributed by atoms with E-state index in [1.807, 2.05) is 19.1 Å². The van der Waals surface area contributed by atoms with Gasteiger partial charge in [0.25, 0.3) is 11.5 Å². The molecule has 9 heteroatoms. The average molecular weight is 432 g/mol. The molecule has 0 saturated carbocycles. The fourth-order valence-corrected chi connectivity index (χ4v) is 3.61. The summed E-state index contributed by atoms with van der Waals surface area (Å²) in [5, 5.41) is 11.8. The molecule has 0 aliphatic carbocycles. The summed E-state index contributed by atoms with van der Waals surface area (Å²) in [6.45, 7) is 3.05. The van der Waals surface area contributed by atoms with Gasteiger partial charge in [-0.15, -0.1) is 0 Å². The number of nitrogens with zero attached hydrogens (tertiary/aromatic N) is 4. The number of pyridine rings is 3. The van der Waals surface area contributed by atoms with Crippen LogP contribution in [-0.4, -0.2) is 45.1 Å². The lowest BCUT2D eigenvalue weighted by Crippen LogP contribution is -2.35. The lowest BCUT2D eigenvalue weighted by atomic mass is 10.1. The first kappa shape index (κ1) is 21.4. The SMILES string of the molecule is COCCCNC(=O)c1cc2c(=O)n3cccc(C)c3nc2n(Cc2cccnc2)c1=N. The molecule has 0 spiro atoms. The Balaban J connectivity index is 1.94. The molecule has 0 aliphatic heterocycles. The van der Waals surface area contributed by atoms with E-state index in [0.717, 1.165) is 11.1 Å². The van der Waals surface area contributed by atoms with Gasteiger partial charge in [0.1, 0.15) is 16.8 Å². The van der Waals surface area contributed by atoms with E-state index >= 15 is 0 Å². The molecule has 4 aromatic rings. The number of rotatable bonds is 7. The first-order valence-electron chi connectivity index (χ1n) is 10.3. The molecule has 0 atom stereocenters. The van der Waals surface area contributed by atoms with Crippen molar-refractivity contribution in [1.29, 1.82) is 5.41 Å². The third-order valence-electron chi connectivity index (χ3n) is 5.25. The zero-order valence-corrected chi connectivity index (χ0v) is 18.0. The maximum atomic E-state index is 13.3. The Morgan fingerprint density at radius 1 is 1.25 bits per heavy atom. The van der Waals surface area contributed by atoms with Crippen molar-refractivity contribution in [3.8, 4) is 0 Å². The molecule has 4 rings (SSSR count). The minimum atomic E-state index is -0.415. The maximum Gasteiger partial charge on any atom is 0.267 e. The Labute approximate surface area is 183 Å². The summed E-state index contributed by atoms with van der Waals surface area (Å²) in [6, 6.07) is 8.80. The molecule has 164 valence electrons. The Bertz CT molecular complexity index is 1410. The van der Waals surface area contributed by atoms with Crippen LogP contribution in [0.4, 0.5) is 0 Å². The number of ether oxygens (including phenoxy) is 1. The number of carbonyl (C=O) groups excluding carboxylic acids is 1. The summed E-state index contributed by atoms with van der Waals surface area (Å²) in [5.41, 5.74) is 2.35. The van der Waals surface area contributed by atoms with Gasteiger partial charge in [0.2, 0.25) is 0 Å². The van der Waals surface area contributed by atoms with Crippen LogP contribution in [0.5, 0.6) is 0 Å². The van der Waals surface area contributed by atoms with Crippen molar-refractivity contribution >= 4 is 22.6 Å². The standard InChI is InChI=1S/C23H24N6O3/c1-15-6-4-10-28-20(15)27-21-18(23(28)31)12-17(22(30)26-9-5-11-32-2)19(24)29(21)14-16-7-3-8-25-13-16/h3-4,6-8,10,12-13,24H,5,9,11,14H2,1-2H3,(H,26,30). The van der Waals surface area contributed by atoms with E-state index < -0.39 is 5.91 Å². The van der Waals surface area contributed by atoms with Crippen molar-refractivity contribution in [2.45, 2.75) is 19.9 Å². The molecule has 0 aliphatic rings. The van der Waals surface area contributed by atoms with Crippen LogP contribution in [0.2, 0.25) is 0 Å². The molecule has 0 radical (unpaired) electrons. The fraction of sp³-hybridized carbons (Fsp3) is 0.261. The van der Waals surface area contributed by atoms with Gasteiger partial charge in [-0.3, -0.25) is 24.4 Å². The van der Waals surface area contributed by atoms with E-state index in [2.05, 4.69) is 10.3 Å². The van der Waals surface area contributed by atoms with Gasteiger partial charge in [0.05, 0.1) is 17.5 Å². The topological polar surface area (TPSA) is 114 Å². The number of fused-ring (bicyclic) bond motifs is 2. The molecule has 0 fully saturated rings. The minimum Gasteiger partial charge on any atom is -0.385 e. The Morgan fingerprint density at radius 2 is 2.09 bits per heavy atom. The van der Waals surface area contributed by atoms with Gasteiger partial charge in [-0.25, -0.2) is 4.98 Å². The monoisotopic (exact) mass is 432 g/mol. The zero-order chi connectivity index (χ0) is 22.7. The number of amides is 1. The van der Waals surface area contributed by atoms with Crippen molar-refractivity contribution in [2.24, 2.45) is 0 Å². The largest absolute Gasteiger partial charge is 0.385 e. The summed E-state index contributed by atoms with van der Waals surface area (Å²) in [5.74, 6) is -0.415. The number of aromatic nitrogens is 4. The van der Waals surface area contributed by atoms with Gasteiger partial charge in [0.15, 0.2) is 0 Å². The maximum absolute atomic E-state index is 13.3. The lowest BCUT2D eigenvalue weighted by molar-refractivity contribution is 0.0946. The van der Waals surface area contributed by atoms with E-state index in [4.69, 9.17) is 15.1 Å². The highest BCUT2D eigenvalue weighted by molar-refractivity contribution is 5.96. The second-order valence-corrected chi connectivity index (χ2v) is 7.50. The molecule has 0 unspecified atom stereocenters. The molecule has 0 bridgehead atoms. The Morgan fingerprint density at radius 3 is 2.84 bits per heavy atom. The van der Waals surface area contributed by atoms with Gasteiger partial charge in [-0.2, -0.15) is 0 Å². The molecular weight excluding hydrogens is 408 g/mol. The summed E-state index contributed by atoms with van der Waals surface area (Å²) >= 11 is 0. The highest BCUT2D eigenvalue weighted by Crippen LogP contribution is 2.14. The fourth-order valence-electron chi connectivity index (χ4n) is 3.61. The van der Waals surface area contributed by atoms with Crippen LogP contribution >= 0.6 is 0 Å². The van der Waals surface area contributed by atoms with Crippen molar-refractivity contribution in [3.63, 3.8) is 0 Å². The molecular formula is C23H24N6O3. The predicted octanol–water partition coefficient (Wildman–Crippen LogP) is 1.65. The van der Waals surface area contributed by atoms with E-state index in [9.17, 15) is 9.59 Å². The summed E-state index contributed by atoms with van der Waals surface area (Å²) in [4.78, 5) is 35.1. The van der Waals surface area contributed by atoms with Crippen LogP contribution in [0.25, 0.3) is 16.7 Å². The van der Waals surface area contributed by atoms with Crippen molar-refractivity contribution in [1.82, 2.24) is 24.3 Å². The van der Waals surface area contributed by atoms with Crippen LogP contribution in [0, 0.1) is 12.3 Å². The predicted molar refractivity (Wildman–Crippen MR) is 120 cm³/mol. The molecule has 0 saturated heterocycles. The number of nitrogens with one attached hydrogen (secondary N) is 2. The molecule has 4 heterocycles. The third kappa shape index (κ3) is 4.02. The first-order chi connectivity index (χ1) is 15.5. The van der Waals surface area contributed by atoms with Crippen molar-refractivity contribution in [2.75, 3.05) is 20.3 Å². The summed E-state index contributed by atoms with van der Waals surface area (Å²) < 4.78 is 8.07. The highest BCUT2D eigenvalue weighted by Gasteiger charge is 2.18. The number of aryl methyl sites for hydroxylation is 1. The normalized spacial score (nSPS) is 11.2. The van der Waals surface area contributed by atoms with Crippen LogP contribution in [0.1, 0.15) is 27.9 Å². The van der Waals surface area contributed by atoms with Gasteiger partial charge >= 0.3 is 0 Å². The quantitative estimate of drug-likeness (QED) is 0.340. The number of methoxy groups -OCH3 is 1. The average Bonchev–Trinajstić information content (AvgIpc) is 2.80. The van der Waals surface area contributed by atoms with E-state index in [1.54, 1.807) is 42.4 Å². The Kier molecular flexibility index (Phi) is 6.09. The van der Waals surface area contributed by atoms with Crippen molar-refractivity contribution < 1.29 is 9.53 Å². The van der Waals surface area contributed by atoms with Crippen molar-refractivity contribution in [3.05, 3.63) is 81.5 Å². The molecule has 0 aromatic carbocycles. The lowest BCUT2D eigenvalue weighted by Gasteiger charge is -2.15. The molecule has 9 nitrogen and oxygen atoms in total. The first-order valence-corrected chi connectivity index (χ1v) is 10.3. The van der Waals surface area contributed by atoms with Gasteiger partial charge in [0, 0.05) is 38.9 Å². The zero-order valence-electron chi connectivity index (χ0n) is 18.0. The van der Waals surface area contributed by atoms with E-state index in [0.29, 0.717) is 30.9 Å². The second-order valence-electron chi connectivity index (χ2n) is 7.50. The summed E-state index contributed by atoms with van der Waals surface area (Å²) in [7, 11) is 1.60. The van der Waals surface area contributed by atoms with Gasteiger partial charge < -0.3 is 14.6 Å². The van der Waals surface area contributed by atoms with Crippen LogP contribution < -0.4 is 16.4 Å².